The zero-order valence-electron chi connectivity index (χ0n) is 21.3. The quantitative estimate of drug-likeness (QED) is 0.372. The van der Waals surface area contributed by atoms with Gasteiger partial charge >= 0.3 is 0 Å². The highest BCUT2D eigenvalue weighted by atomic mass is 79.9. The van der Waals surface area contributed by atoms with E-state index in [4.69, 9.17) is 24.6 Å². The van der Waals surface area contributed by atoms with Gasteiger partial charge in [0.05, 0.1) is 28.9 Å². The molecule has 2 aromatic carbocycles. The van der Waals surface area contributed by atoms with Crippen molar-refractivity contribution in [1.29, 1.82) is 0 Å². The van der Waals surface area contributed by atoms with Crippen molar-refractivity contribution in [2.75, 3.05) is 31.2 Å². The molecule has 0 aliphatic carbocycles. The number of carbonyl (C=O) groups excluding carboxylic acids is 1. The summed E-state index contributed by atoms with van der Waals surface area (Å²) in [7, 11) is 1.65. The summed E-state index contributed by atoms with van der Waals surface area (Å²) in [6.45, 7) is 4.48. The molecular weight excluding hydrogens is 552 g/mol. The van der Waals surface area contributed by atoms with E-state index in [1.807, 2.05) is 37.3 Å². The first kappa shape index (κ1) is 24.9. The summed E-state index contributed by atoms with van der Waals surface area (Å²) in [5, 5.41) is 0.763. The number of hydrogen-bond acceptors (Lipinski definition) is 7. The van der Waals surface area contributed by atoms with Crippen molar-refractivity contribution in [1.82, 2.24) is 9.55 Å². The molecule has 1 amide bonds. The molecule has 4 aromatic rings. The maximum absolute atomic E-state index is 13.4. The number of oxazole rings is 1. The molecule has 10 heteroatoms. The number of benzene rings is 2. The summed E-state index contributed by atoms with van der Waals surface area (Å²) < 4.78 is 19.9. The second kappa shape index (κ2) is 9.74. The van der Waals surface area contributed by atoms with Crippen LogP contribution in [-0.4, -0.2) is 47.9 Å². The molecule has 2 aromatic heterocycles. The van der Waals surface area contributed by atoms with Gasteiger partial charge in [0.25, 0.3) is 11.5 Å². The van der Waals surface area contributed by atoms with Gasteiger partial charge in [-0.25, -0.2) is 4.98 Å². The van der Waals surface area contributed by atoms with Gasteiger partial charge in [0.15, 0.2) is 11.5 Å². The Labute approximate surface area is 227 Å². The number of piperidine rings is 1. The van der Waals surface area contributed by atoms with Gasteiger partial charge < -0.3 is 29.1 Å². The summed E-state index contributed by atoms with van der Waals surface area (Å²) in [6.07, 6.45) is 2.30. The van der Waals surface area contributed by atoms with Crippen molar-refractivity contribution in [2.24, 2.45) is 12.8 Å². The van der Waals surface area contributed by atoms with Gasteiger partial charge in [-0.15, -0.1) is 0 Å². The number of anilines is 1. The van der Waals surface area contributed by atoms with E-state index < -0.39 is 11.5 Å². The first-order valence-electron chi connectivity index (χ1n) is 12.8. The maximum Gasteiger partial charge on any atom is 0.265 e. The zero-order chi connectivity index (χ0) is 26.6. The smallest absolute Gasteiger partial charge is 0.265 e. The minimum atomic E-state index is -0.738. The van der Waals surface area contributed by atoms with E-state index >= 15 is 0 Å². The number of aromatic nitrogens is 2. The van der Waals surface area contributed by atoms with E-state index in [1.54, 1.807) is 7.05 Å². The molecule has 0 unspecified atom stereocenters. The van der Waals surface area contributed by atoms with E-state index in [9.17, 15) is 9.59 Å². The molecule has 6 rings (SSSR count). The summed E-state index contributed by atoms with van der Waals surface area (Å²) in [6, 6.07) is 9.76. The minimum Gasteiger partial charge on any atom is -0.487 e. The van der Waals surface area contributed by atoms with Gasteiger partial charge in [-0.1, -0.05) is 6.07 Å². The number of aryl methyl sites for hydroxylation is 2. The Bertz CT molecular complexity index is 1610. The number of nitrogens with two attached hydrogens (primary N) is 1. The number of rotatable bonds is 5. The second-order valence-corrected chi connectivity index (χ2v) is 11.0. The molecule has 9 nitrogen and oxygen atoms in total. The first-order valence-corrected chi connectivity index (χ1v) is 13.6. The number of hydrogen-bond donors (Lipinski definition) is 1. The highest BCUT2D eigenvalue weighted by molar-refractivity contribution is 9.10. The number of carbonyl (C=O) groups is 1. The highest BCUT2D eigenvalue weighted by Gasteiger charge is 2.30. The van der Waals surface area contributed by atoms with Gasteiger partial charge in [0.2, 0.25) is 0 Å². The minimum absolute atomic E-state index is 0.000508. The van der Waals surface area contributed by atoms with Crippen LogP contribution in [0.4, 0.5) is 5.69 Å². The summed E-state index contributed by atoms with van der Waals surface area (Å²) in [5.74, 6) is 0.771. The third-order valence-corrected chi connectivity index (χ3v) is 8.19. The fraction of sp³-hybridized carbons (Fsp3) is 0.393. The molecule has 38 heavy (non-hydrogen) atoms. The molecule has 0 saturated carbocycles. The lowest BCUT2D eigenvalue weighted by Crippen LogP contribution is -2.38. The molecule has 2 saturated heterocycles. The average Bonchev–Trinajstić information content (AvgIpc) is 3.56. The highest BCUT2D eigenvalue weighted by Crippen LogP contribution is 2.39. The molecule has 2 N–H and O–H groups in total. The van der Waals surface area contributed by atoms with Gasteiger partial charge in [0.1, 0.15) is 22.9 Å². The fourth-order valence-electron chi connectivity index (χ4n) is 5.53. The van der Waals surface area contributed by atoms with Crippen LogP contribution in [0.1, 0.15) is 47.0 Å². The van der Waals surface area contributed by atoms with Crippen molar-refractivity contribution < 1.29 is 18.7 Å². The third kappa shape index (κ3) is 4.35. The average molecular weight is 581 g/mol. The van der Waals surface area contributed by atoms with Gasteiger partial charge in [0, 0.05) is 43.9 Å². The number of nitrogens with zero attached hydrogens (tertiary/aromatic N) is 3. The number of halogens is 1. The largest absolute Gasteiger partial charge is 0.487 e. The molecule has 2 aliphatic rings. The van der Waals surface area contributed by atoms with Crippen LogP contribution in [0.15, 0.2) is 44.0 Å². The molecule has 1 atom stereocenters. The Morgan fingerprint density at radius 3 is 2.68 bits per heavy atom. The monoisotopic (exact) mass is 580 g/mol. The molecule has 0 spiro atoms. The first-order chi connectivity index (χ1) is 18.3. The number of fused-ring (bicyclic) bond motifs is 2. The van der Waals surface area contributed by atoms with Gasteiger partial charge in [-0.2, -0.15) is 0 Å². The normalized spacial score (nSPS) is 18.5. The lowest BCUT2D eigenvalue weighted by atomic mass is 9.95. The predicted molar refractivity (Wildman–Crippen MR) is 148 cm³/mol. The Morgan fingerprint density at radius 2 is 1.97 bits per heavy atom. The second-order valence-electron chi connectivity index (χ2n) is 10.1. The van der Waals surface area contributed by atoms with Gasteiger partial charge in [-0.3, -0.25) is 9.59 Å². The van der Waals surface area contributed by atoms with E-state index in [0.29, 0.717) is 43.3 Å². The van der Waals surface area contributed by atoms with Crippen molar-refractivity contribution >= 4 is 49.5 Å². The van der Waals surface area contributed by atoms with Crippen molar-refractivity contribution in [2.45, 2.75) is 38.2 Å². The molecule has 0 bridgehead atoms. The lowest BCUT2D eigenvalue weighted by molar-refractivity contribution is 0.0999. The number of amides is 1. The fourth-order valence-corrected chi connectivity index (χ4v) is 5.97. The molecule has 2 fully saturated rings. The molecule has 198 valence electrons. The van der Waals surface area contributed by atoms with Crippen LogP contribution in [0, 0.1) is 6.92 Å². The Hall–Kier alpha value is -3.37. The van der Waals surface area contributed by atoms with Crippen LogP contribution in [0.5, 0.6) is 5.75 Å². The molecule has 2 aliphatic heterocycles. The predicted octanol–water partition coefficient (Wildman–Crippen LogP) is 4.40. The summed E-state index contributed by atoms with van der Waals surface area (Å²) in [5.41, 5.74) is 9.38. The van der Waals surface area contributed by atoms with E-state index in [0.717, 1.165) is 51.7 Å². The van der Waals surface area contributed by atoms with E-state index in [1.165, 1.54) is 4.57 Å². The van der Waals surface area contributed by atoms with Crippen LogP contribution in [0.25, 0.3) is 22.0 Å². The SMILES string of the molecule is Cc1ccc2oc(C3CCN(c4c(C(N)=O)c(=O)n(C)c5cc(O[C@@H]6CCOC6)c(Br)cc45)CC3)nc2c1. The third-order valence-electron chi connectivity index (χ3n) is 7.57. The van der Waals surface area contributed by atoms with Crippen LogP contribution in [0.2, 0.25) is 0 Å². The van der Waals surface area contributed by atoms with E-state index in [-0.39, 0.29) is 17.6 Å². The van der Waals surface area contributed by atoms with Crippen molar-refractivity contribution in [3.8, 4) is 5.75 Å². The molecular formula is C28H29BrN4O5. The summed E-state index contributed by atoms with van der Waals surface area (Å²) in [4.78, 5) is 32.8. The Kier molecular flexibility index (Phi) is 6.39. The number of ether oxygens (including phenoxy) is 2. The summed E-state index contributed by atoms with van der Waals surface area (Å²) >= 11 is 3.64. The van der Waals surface area contributed by atoms with Crippen molar-refractivity contribution in [3.05, 3.63) is 62.2 Å². The number of pyridine rings is 1. The maximum atomic E-state index is 13.4. The molecule has 0 radical (unpaired) electrons. The standard InChI is InChI=1S/C28H29BrN4O5/c1-15-3-4-22-20(11-15)31-27(38-22)16-5-8-33(9-6-16)25-18-12-19(29)23(37-17-7-10-36-14-17)13-21(18)32(2)28(35)24(25)26(30)34/h3-4,11-13,16-17H,5-10,14H2,1-2H3,(H2,30,34)/t17-/m1/s1. The number of primary amides is 1. The van der Waals surface area contributed by atoms with Crippen molar-refractivity contribution in [3.63, 3.8) is 0 Å². The lowest BCUT2D eigenvalue weighted by Gasteiger charge is -2.34. The van der Waals surface area contributed by atoms with Crippen LogP contribution >= 0.6 is 15.9 Å². The van der Waals surface area contributed by atoms with Gasteiger partial charge in [-0.05, 0) is 59.5 Å². The zero-order valence-corrected chi connectivity index (χ0v) is 22.9. The Balaban J connectivity index is 1.36. The Morgan fingerprint density at radius 1 is 1.18 bits per heavy atom. The van der Waals surface area contributed by atoms with Crippen LogP contribution < -0.4 is 20.9 Å². The molecule has 4 heterocycles. The van der Waals surface area contributed by atoms with E-state index in [2.05, 4.69) is 20.8 Å². The van der Waals surface area contributed by atoms with Crippen LogP contribution in [-0.2, 0) is 11.8 Å². The topological polar surface area (TPSA) is 113 Å². The van der Waals surface area contributed by atoms with Crippen LogP contribution in [0.3, 0.4) is 0 Å².